The molecule has 0 spiro atoms. The van der Waals surface area contributed by atoms with Gasteiger partial charge in [0.15, 0.2) is 0 Å². The minimum Gasteiger partial charge on any atom is -0.469 e. The predicted octanol–water partition coefficient (Wildman–Crippen LogP) is 1.07. The molecule has 15 heavy (non-hydrogen) atoms. The molecule has 0 N–H and O–H groups in total. The molecule has 0 saturated heterocycles. The Morgan fingerprint density at radius 2 is 1.07 bits per heavy atom. The van der Waals surface area contributed by atoms with Crippen LogP contribution >= 0.6 is 0 Å². The summed E-state index contributed by atoms with van der Waals surface area (Å²) in [5.41, 5.74) is 0. The number of hydrogen-bond donors (Lipinski definition) is 0. The molecule has 0 aromatic rings. The molecule has 0 aromatic carbocycles. The molecular weight excluding hydrogens is 220 g/mol. The first-order chi connectivity index (χ1) is 6.00. The molecule has 6 heteroatoms. The highest BCUT2D eigenvalue weighted by Crippen LogP contribution is 1.62. The first-order valence-corrected chi connectivity index (χ1v) is 5.97. The number of carbonyl (C=O) groups excluding carboxylic acids is 2. The van der Waals surface area contributed by atoms with Gasteiger partial charge in [-0.3, -0.25) is 4.79 Å². The molecule has 0 radical (unpaired) electrons. The molecule has 0 aliphatic carbocycles. The van der Waals surface area contributed by atoms with E-state index in [0.29, 0.717) is 0 Å². The molecule has 0 bridgehead atoms. The monoisotopic (exact) mass is 242 g/mol. The van der Waals surface area contributed by atoms with Crippen LogP contribution in [0.4, 0.5) is 0 Å². The molecule has 0 heterocycles. The van der Waals surface area contributed by atoms with Gasteiger partial charge in [0.25, 0.3) is 0 Å². The van der Waals surface area contributed by atoms with Gasteiger partial charge in [-0.1, -0.05) is 7.43 Å². The van der Waals surface area contributed by atoms with Crippen molar-refractivity contribution in [3.8, 4) is 0 Å². The van der Waals surface area contributed by atoms with Crippen LogP contribution in [0.3, 0.4) is 0 Å². The maximum Gasteiger partial charge on any atom is 0.302 e. The maximum absolute atomic E-state index is 9.63. The average Bonchev–Trinajstić information content (AvgIpc) is 1.82. The largest absolute Gasteiger partial charge is 0.469 e. The number of rotatable bonds is 0. The van der Waals surface area contributed by atoms with E-state index in [1.165, 1.54) is 27.9 Å². The lowest BCUT2D eigenvalue weighted by atomic mass is 10.6. The van der Waals surface area contributed by atoms with Gasteiger partial charge in [0.2, 0.25) is 0 Å². The van der Waals surface area contributed by atoms with Crippen LogP contribution in [0.25, 0.3) is 0 Å². The fourth-order valence-electron chi connectivity index (χ4n) is 0. The topological polar surface area (TPSA) is 77.5 Å². The van der Waals surface area contributed by atoms with Crippen LogP contribution in [0.5, 0.6) is 0 Å². The Kier molecular flexibility index (Phi) is 20.7. The van der Waals surface area contributed by atoms with Crippen molar-refractivity contribution in [1.82, 2.24) is 0 Å². The fourth-order valence-corrected chi connectivity index (χ4v) is 0. The molecule has 0 unspecified atom stereocenters. The fraction of sp³-hybridized carbons (Fsp3) is 0.778. The van der Waals surface area contributed by atoms with Crippen LogP contribution in [0.15, 0.2) is 0 Å². The van der Waals surface area contributed by atoms with Crippen molar-refractivity contribution in [3.63, 3.8) is 0 Å². The number of sulfone groups is 1. The second-order valence-electron chi connectivity index (χ2n) is 2.75. The van der Waals surface area contributed by atoms with Crippen LogP contribution in [0.2, 0.25) is 0 Å². The smallest absolute Gasteiger partial charge is 0.302 e. The molecule has 5 nitrogen and oxygen atoms in total. The average molecular weight is 242 g/mol. The second kappa shape index (κ2) is 13.1. The molecule has 0 aliphatic rings. The first kappa shape index (κ1) is 23.7. The SMILES string of the molecule is C.CC(C)=O.COC(C)=O.CS(C)(=O)=O. The second-order valence-corrected chi connectivity index (χ2v) is 5.03. The summed E-state index contributed by atoms with van der Waals surface area (Å²) in [5, 5.41) is 0. The number of Topliss-reactive ketones (excluding diaryl/α,β-unsaturated/α-hetero) is 1. The summed E-state index contributed by atoms with van der Waals surface area (Å²) in [4.78, 5) is 19.0. The van der Waals surface area contributed by atoms with E-state index in [1.54, 1.807) is 0 Å². The zero-order valence-electron chi connectivity index (χ0n) is 9.45. The van der Waals surface area contributed by atoms with Crippen molar-refractivity contribution in [1.29, 1.82) is 0 Å². The maximum atomic E-state index is 9.63. The lowest BCUT2D eigenvalue weighted by Gasteiger charge is -1.80. The van der Waals surface area contributed by atoms with Crippen molar-refractivity contribution < 1.29 is 22.7 Å². The Hall–Kier alpha value is -0.910. The van der Waals surface area contributed by atoms with Gasteiger partial charge >= 0.3 is 5.97 Å². The van der Waals surface area contributed by atoms with Crippen molar-refractivity contribution >= 4 is 21.6 Å². The highest BCUT2D eigenvalue weighted by molar-refractivity contribution is 7.89. The van der Waals surface area contributed by atoms with E-state index in [4.69, 9.17) is 0 Å². The molecule has 0 amide bonds. The van der Waals surface area contributed by atoms with Crippen molar-refractivity contribution in [3.05, 3.63) is 0 Å². The summed E-state index contributed by atoms with van der Waals surface area (Å²) in [6.45, 7) is 4.42. The molecule has 0 saturated carbocycles. The summed E-state index contributed by atoms with van der Waals surface area (Å²) in [6, 6.07) is 0. The minimum atomic E-state index is -2.67. The summed E-state index contributed by atoms with van der Waals surface area (Å²) in [7, 11) is -1.32. The zero-order chi connectivity index (χ0) is 12.4. The minimum absolute atomic E-state index is 0. The third-order valence-electron chi connectivity index (χ3n) is 0.287. The number of hydrogen-bond acceptors (Lipinski definition) is 5. The van der Waals surface area contributed by atoms with E-state index >= 15 is 0 Å². The van der Waals surface area contributed by atoms with Crippen LogP contribution in [0, 0.1) is 0 Å². The molecular formula is C9H22O5S. The first-order valence-electron chi connectivity index (χ1n) is 3.67. The lowest BCUT2D eigenvalue weighted by Crippen LogP contribution is -1.88. The number of carbonyl (C=O) groups is 2. The van der Waals surface area contributed by atoms with E-state index < -0.39 is 9.84 Å². The van der Waals surface area contributed by atoms with Crippen molar-refractivity contribution in [2.75, 3.05) is 19.6 Å². The van der Waals surface area contributed by atoms with Gasteiger partial charge in [-0.15, -0.1) is 0 Å². The van der Waals surface area contributed by atoms with Gasteiger partial charge in [-0.25, -0.2) is 8.42 Å². The number of esters is 1. The predicted molar refractivity (Wildman–Crippen MR) is 61.5 cm³/mol. The normalized spacial score (nSPS) is 7.87. The highest BCUT2D eigenvalue weighted by Gasteiger charge is 1.79. The van der Waals surface area contributed by atoms with Gasteiger partial charge < -0.3 is 9.53 Å². The summed E-state index contributed by atoms with van der Waals surface area (Å²) >= 11 is 0. The van der Waals surface area contributed by atoms with E-state index in [0.717, 1.165) is 12.5 Å². The van der Waals surface area contributed by atoms with Gasteiger partial charge in [-0.05, 0) is 13.8 Å². The summed E-state index contributed by atoms with van der Waals surface area (Å²) in [5.74, 6) is -0.0787. The summed E-state index contributed by atoms with van der Waals surface area (Å²) in [6.07, 6.45) is 2.32. The van der Waals surface area contributed by atoms with E-state index in [1.807, 2.05) is 0 Å². The quantitative estimate of drug-likeness (QED) is 0.594. The molecule has 0 aliphatic heterocycles. The molecule has 0 aromatic heterocycles. The number of ether oxygens (including phenoxy) is 1. The number of ketones is 1. The Morgan fingerprint density at radius 1 is 1.00 bits per heavy atom. The van der Waals surface area contributed by atoms with Gasteiger partial charge in [0, 0.05) is 19.4 Å². The van der Waals surface area contributed by atoms with E-state index in [2.05, 4.69) is 4.74 Å². The third kappa shape index (κ3) is 1360. The van der Waals surface area contributed by atoms with Gasteiger partial charge in [-0.2, -0.15) is 0 Å². The van der Waals surface area contributed by atoms with Crippen molar-refractivity contribution in [2.45, 2.75) is 28.2 Å². The highest BCUT2D eigenvalue weighted by atomic mass is 32.2. The summed E-state index contributed by atoms with van der Waals surface area (Å²) < 4.78 is 23.4. The van der Waals surface area contributed by atoms with Crippen LogP contribution in [-0.2, 0) is 24.2 Å². The van der Waals surface area contributed by atoms with Crippen LogP contribution in [-0.4, -0.2) is 39.8 Å². The lowest BCUT2D eigenvalue weighted by molar-refractivity contribution is -0.137. The Labute approximate surface area is 92.7 Å². The zero-order valence-corrected chi connectivity index (χ0v) is 10.3. The van der Waals surface area contributed by atoms with Gasteiger partial charge in [0.05, 0.1) is 7.11 Å². The molecule has 0 fully saturated rings. The Morgan fingerprint density at radius 3 is 1.07 bits per heavy atom. The van der Waals surface area contributed by atoms with E-state index in [-0.39, 0.29) is 19.2 Å². The molecule has 94 valence electrons. The molecule has 0 rings (SSSR count). The van der Waals surface area contributed by atoms with Gasteiger partial charge in [0.1, 0.15) is 15.6 Å². The Bertz CT molecular complexity index is 242. The van der Waals surface area contributed by atoms with Crippen LogP contribution in [0.1, 0.15) is 28.2 Å². The van der Waals surface area contributed by atoms with Crippen LogP contribution < -0.4 is 0 Å². The van der Waals surface area contributed by atoms with E-state index in [9.17, 15) is 18.0 Å². The Balaban J connectivity index is -0.0000000590. The standard InChI is InChI=1S/C3H6O2.C3H6O.C2H6O2S.CH4/c1-3(4)5-2;1-3(2)4;1-5(2,3)4;/h1-2H3;1-2H3;1-2H3;1H4. The number of methoxy groups -OCH3 is 1. The molecule has 0 atom stereocenters. The van der Waals surface area contributed by atoms with Crippen molar-refractivity contribution in [2.24, 2.45) is 0 Å². The third-order valence-corrected chi connectivity index (χ3v) is 0.287.